The lowest BCUT2D eigenvalue weighted by Crippen LogP contribution is -2.66. The van der Waals surface area contributed by atoms with Gasteiger partial charge in [-0.15, -0.1) is 6.58 Å². The molecule has 0 spiro atoms. The second-order valence-corrected chi connectivity index (χ2v) is 13.3. The first-order chi connectivity index (χ1) is 14.3. The first kappa shape index (κ1) is 24.5. The largest absolute Gasteiger partial charge is 0.407 e. The Morgan fingerprint density at radius 1 is 0.967 bits per heavy atom. The molecular weight excluding hydrogens is 388 g/mol. The zero-order chi connectivity index (χ0) is 22.0. The van der Waals surface area contributed by atoms with E-state index in [1.807, 2.05) is 6.08 Å². The minimum Gasteiger partial charge on any atom is -0.407 e. The van der Waals surface area contributed by atoms with Crippen molar-refractivity contribution < 1.29 is 13.9 Å². The molecule has 4 heteroatoms. The summed E-state index contributed by atoms with van der Waals surface area (Å²) in [5, 5.41) is 2.62. The Morgan fingerprint density at radius 3 is 1.93 bits per heavy atom. The number of hydrogen-bond acceptors (Lipinski definition) is 3. The predicted molar refractivity (Wildman–Crippen MR) is 129 cm³/mol. The number of rotatable bonds is 12. The normalized spacial score (nSPS) is 14.3. The van der Waals surface area contributed by atoms with Gasteiger partial charge in [-0.1, -0.05) is 94.4 Å². The highest BCUT2D eigenvalue weighted by molar-refractivity contribution is 6.99. The van der Waals surface area contributed by atoms with Gasteiger partial charge in [-0.2, -0.15) is 0 Å². The van der Waals surface area contributed by atoms with Crippen molar-refractivity contribution in [2.45, 2.75) is 51.7 Å². The number of ether oxygens (including phenoxy) is 2. The van der Waals surface area contributed by atoms with Crippen LogP contribution in [0.4, 0.5) is 0 Å². The van der Waals surface area contributed by atoms with Crippen LogP contribution < -0.4 is 10.4 Å². The van der Waals surface area contributed by atoms with E-state index in [9.17, 15) is 0 Å². The molecule has 0 radical (unpaired) electrons. The molecule has 0 aliphatic heterocycles. The van der Waals surface area contributed by atoms with Gasteiger partial charge in [0.1, 0.15) is 6.79 Å². The Labute approximate surface area is 184 Å². The summed E-state index contributed by atoms with van der Waals surface area (Å²) in [6.07, 6.45) is 3.73. The Balaban J connectivity index is 2.31. The van der Waals surface area contributed by atoms with Gasteiger partial charge in [0.15, 0.2) is 0 Å². The molecule has 164 valence electrons. The van der Waals surface area contributed by atoms with E-state index in [4.69, 9.17) is 13.9 Å². The molecule has 0 saturated heterocycles. The lowest BCUT2D eigenvalue weighted by atomic mass is 10.0. The van der Waals surface area contributed by atoms with E-state index in [0.29, 0.717) is 19.3 Å². The molecule has 0 heterocycles. The Hall–Kier alpha value is -1.72. The first-order valence-electron chi connectivity index (χ1n) is 10.8. The van der Waals surface area contributed by atoms with Crippen molar-refractivity contribution in [1.29, 1.82) is 0 Å². The van der Waals surface area contributed by atoms with Crippen molar-refractivity contribution in [3.05, 3.63) is 73.3 Å². The van der Waals surface area contributed by atoms with E-state index in [0.717, 1.165) is 12.8 Å². The van der Waals surface area contributed by atoms with E-state index >= 15 is 0 Å². The molecule has 0 aliphatic rings. The van der Waals surface area contributed by atoms with Gasteiger partial charge in [-0.3, -0.25) is 0 Å². The zero-order valence-corrected chi connectivity index (χ0v) is 20.3. The van der Waals surface area contributed by atoms with Gasteiger partial charge in [-0.05, 0) is 34.2 Å². The van der Waals surface area contributed by atoms with E-state index in [1.165, 1.54) is 10.4 Å². The molecule has 30 heavy (non-hydrogen) atoms. The van der Waals surface area contributed by atoms with E-state index in [-0.39, 0.29) is 11.1 Å². The Bertz CT molecular complexity index is 700. The molecule has 0 bridgehead atoms. The summed E-state index contributed by atoms with van der Waals surface area (Å²) < 4.78 is 18.0. The van der Waals surface area contributed by atoms with Crippen LogP contribution in [0.1, 0.15) is 40.5 Å². The fraction of sp³-hybridized carbons (Fsp3) is 0.462. The average Bonchev–Trinajstić information content (AvgIpc) is 2.73. The SMILES string of the molecule is C=CC[C@H](C[C@@H](C)CO[Si](c1ccccc1)(c1ccccc1)C(C)(C)C)OCOC. The van der Waals surface area contributed by atoms with Crippen molar-refractivity contribution in [2.75, 3.05) is 20.5 Å². The number of hydrogen-bond donors (Lipinski definition) is 0. The average molecular weight is 427 g/mol. The molecule has 3 nitrogen and oxygen atoms in total. The van der Waals surface area contributed by atoms with Crippen LogP contribution in [-0.2, 0) is 13.9 Å². The standard InChI is InChI=1S/C26H38O3Si/c1-7-14-23(28-21-27-6)19-22(2)20-29-30(26(3,4)5,24-15-10-8-11-16-24)25-17-12-9-13-18-25/h7-13,15-18,22-23H,1,14,19-21H2,2-6H3/t22-,23-/m1/s1. The summed E-state index contributed by atoms with van der Waals surface area (Å²) in [6, 6.07) is 21.6. The van der Waals surface area contributed by atoms with Crippen LogP contribution in [0.25, 0.3) is 0 Å². The molecule has 2 atom stereocenters. The summed E-state index contributed by atoms with van der Waals surface area (Å²) in [5.41, 5.74) is 0. The highest BCUT2D eigenvalue weighted by Gasteiger charge is 2.50. The Kier molecular flexibility index (Phi) is 9.50. The maximum Gasteiger partial charge on any atom is 0.261 e. The van der Waals surface area contributed by atoms with Crippen LogP contribution in [0.15, 0.2) is 73.3 Å². The second-order valence-electron chi connectivity index (χ2n) is 9.03. The molecule has 0 N–H and O–H groups in total. The van der Waals surface area contributed by atoms with Gasteiger partial charge in [0.05, 0.1) is 6.10 Å². The van der Waals surface area contributed by atoms with Crippen molar-refractivity contribution in [3.63, 3.8) is 0 Å². The summed E-state index contributed by atoms with van der Waals surface area (Å²) in [4.78, 5) is 0. The smallest absolute Gasteiger partial charge is 0.261 e. The van der Waals surface area contributed by atoms with Gasteiger partial charge in [0, 0.05) is 13.7 Å². The van der Waals surface area contributed by atoms with Crippen LogP contribution in [0.3, 0.4) is 0 Å². The Morgan fingerprint density at radius 2 is 1.50 bits per heavy atom. The van der Waals surface area contributed by atoms with Crippen LogP contribution in [0.2, 0.25) is 5.04 Å². The third-order valence-corrected chi connectivity index (χ3v) is 10.5. The lowest BCUT2D eigenvalue weighted by molar-refractivity contribution is -0.0778. The van der Waals surface area contributed by atoms with Gasteiger partial charge >= 0.3 is 0 Å². The highest BCUT2D eigenvalue weighted by atomic mass is 28.4. The summed E-state index contributed by atoms with van der Waals surface area (Å²) in [6.45, 7) is 14.0. The predicted octanol–water partition coefficient (Wildman–Crippen LogP) is 5.15. The van der Waals surface area contributed by atoms with Gasteiger partial charge < -0.3 is 13.9 Å². The molecule has 0 fully saturated rings. The second kappa shape index (κ2) is 11.6. The number of benzene rings is 2. The van der Waals surface area contributed by atoms with Crippen LogP contribution in [0, 0.1) is 5.92 Å². The van der Waals surface area contributed by atoms with Crippen LogP contribution >= 0.6 is 0 Å². The quantitative estimate of drug-likeness (QED) is 0.267. The molecule has 0 saturated carbocycles. The minimum absolute atomic E-state index is 0.0114. The monoisotopic (exact) mass is 426 g/mol. The maximum atomic E-state index is 7.04. The van der Waals surface area contributed by atoms with E-state index < -0.39 is 8.32 Å². The zero-order valence-electron chi connectivity index (χ0n) is 19.3. The summed E-state index contributed by atoms with van der Waals surface area (Å²) in [5.74, 6) is 0.355. The topological polar surface area (TPSA) is 27.7 Å². The molecule has 0 aromatic heterocycles. The molecule has 2 aromatic carbocycles. The first-order valence-corrected chi connectivity index (χ1v) is 12.7. The highest BCUT2D eigenvalue weighted by Crippen LogP contribution is 2.37. The van der Waals surface area contributed by atoms with E-state index in [2.05, 4.69) is 94.9 Å². The van der Waals surface area contributed by atoms with Crippen molar-refractivity contribution in [3.8, 4) is 0 Å². The number of methoxy groups -OCH3 is 1. The van der Waals surface area contributed by atoms with Crippen molar-refractivity contribution in [1.82, 2.24) is 0 Å². The third-order valence-electron chi connectivity index (χ3n) is 5.52. The molecule has 0 amide bonds. The lowest BCUT2D eigenvalue weighted by Gasteiger charge is -2.43. The molecular formula is C26H38O3Si. The fourth-order valence-corrected chi connectivity index (χ4v) is 8.82. The molecule has 0 unspecified atom stereocenters. The minimum atomic E-state index is -2.49. The fourth-order valence-electron chi connectivity index (χ4n) is 4.13. The molecule has 2 rings (SSSR count). The van der Waals surface area contributed by atoms with E-state index in [1.54, 1.807) is 7.11 Å². The van der Waals surface area contributed by atoms with Crippen molar-refractivity contribution >= 4 is 18.7 Å². The van der Waals surface area contributed by atoms with Gasteiger partial charge in [-0.25, -0.2) is 0 Å². The summed E-state index contributed by atoms with van der Waals surface area (Å²) in [7, 11) is -0.839. The van der Waals surface area contributed by atoms with Crippen molar-refractivity contribution in [2.24, 2.45) is 5.92 Å². The van der Waals surface area contributed by atoms with Crippen LogP contribution in [-0.4, -0.2) is 34.9 Å². The molecule has 0 aliphatic carbocycles. The van der Waals surface area contributed by atoms with Crippen LogP contribution in [0.5, 0.6) is 0 Å². The summed E-state index contributed by atoms with van der Waals surface area (Å²) >= 11 is 0. The maximum absolute atomic E-state index is 7.04. The third kappa shape index (κ3) is 6.14. The molecule has 2 aromatic rings. The van der Waals surface area contributed by atoms with Gasteiger partial charge in [0.2, 0.25) is 0 Å². The van der Waals surface area contributed by atoms with Gasteiger partial charge in [0.25, 0.3) is 8.32 Å².